The molecule has 1 aliphatic rings. The van der Waals surface area contributed by atoms with E-state index < -0.39 is 21.1 Å². The van der Waals surface area contributed by atoms with Crippen LogP contribution in [0.3, 0.4) is 0 Å². The average Bonchev–Trinajstić information content (AvgIpc) is 3.09. The second kappa shape index (κ2) is 6.30. The predicted molar refractivity (Wildman–Crippen MR) is 83.7 cm³/mol. The molecule has 1 aliphatic heterocycles. The van der Waals surface area contributed by atoms with Crippen molar-refractivity contribution in [2.45, 2.75) is 24.0 Å². The highest BCUT2D eigenvalue weighted by Crippen LogP contribution is 2.29. The molecule has 1 saturated heterocycles. The van der Waals surface area contributed by atoms with Crippen molar-refractivity contribution in [1.82, 2.24) is 14.5 Å². The Morgan fingerprint density at radius 1 is 1.33 bits per heavy atom. The summed E-state index contributed by atoms with van der Waals surface area (Å²) in [7, 11) is -3.76. The third-order valence-electron chi connectivity index (χ3n) is 3.80. The molecule has 1 N–H and O–H groups in total. The van der Waals surface area contributed by atoms with Crippen LogP contribution < -0.4 is 0 Å². The molecule has 1 aromatic heterocycles. The second-order valence-electron chi connectivity index (χ2n) is 5.54. The van der Waals surface area contributed by atoms with Crippen LogP contribution in [-0.2, 0) is 14.8 Å². The Morgan fingerprint density at radius 3 is 2.62 bits per heavy atom. The van der Waals surface area contributed by atoms with E-state index in [1.165, 1.54) is 28.6 Å². The van der Waals surface area contributed by atoms with Crippen molar-refractivity contribution in [3.63, 3.8) is 0 Å². The van der Waals surface area contributed by atoms with Gasteiger partial charge in [-0.3, -0.25) is 15.2 Å². The van der Waals surface area contributed by atoms with Gasteiger partial charge in [0.2, 0.25) is 10.0 Å². The summed E-state index contributed by atoms with van der Waals surface area (Å²) in [6, 6.07) is 4.87. The van der Waals surface area contributed by atoms with E-state index in [2.05, 4.69) is 10.2 Å². The minimum Gasteiger partial charge on any atom is -0.368 e. The highest BCUT2D eigenvalue weighted by atomic mass is 32.2. The summed E-state index contributed by atoms with van der Waals surface area (Å²) in [5, 5.41) is 17.2. The zero-order valence-electron chi connectivity index (χ0n) is 12.8. The number of aromatic nitrogens is 2. The van der Waals surface area contributed by atoms with Crippen LogP contribution in [0.2, 0.25) is 0 Å². The molecule has 0 bridgehead atoms. The second-order valence-corrected chi connectivity index (χ2v) is 7.48. The van der Waals surface area contributed by atoms with Gasteiger partial charge in [0, 0.05) is 37.0 Å². The summed E-state index contributed by atoms with van der Waals surface area (Å²) in [5.74, 6) is 0. The van der Waals surface area contributed by atoms with Gasteiger partial charge in [-0.15, -0.1) is 0 Å². The van der Waals surface area contributed by atoms with Crippen LogP contribution in [0.25, 0.3) is 0 Å². The van der Waals surface area contributed by atoms with Crippen LogP contribution in [0, 0.1) is 10.1 Å². The normalized spacial score (nSPS) is 22.4. The van der Waals surface area contributed by atoms with Crippen molar-refractivity contribution in [2.75, 3.05) is 13.1 Å². The van der Waals surface area contributed by atoms with Gasteiger partial charge in [-0.05, 0) is 19.1 Å². The number of non-ortho nitro benzene ring substituents is 1. The minimum absolute atomic E-state index is 0.0214. The minimum atomic E-state index is -3.76. The summed E-state index contributed by atoms with van der Waals surface area (Å²) in [4.78, 5) is 10.2. The first-order valence-electron chi connectivity index (χ1n) is 7.26. The summed E-state index contributed by atoms with van der Waals surface area (Å²) < 4.78 is 32.7. The Balaban J connectivity index is 1.86. The van der Waals surface area contributed by atoms with E-state index >= 15 is 0 Å². The molecule has 0 aliphatic carbocycles. The van der Waals surface area contributed by atoms with Crippen LogP contribution in [0.1, 0.15) is 18.6 Å². The van der Waals surface area contributed by atoms with Crippen LogP contribution in [0.4, 0.5) is 5.69 Å². The smallest absolute Gasteiger partial charge is 0.269 e. The number of morpholine rings is 1. The molecular weight excluding hydrogens is 336 g/mol. The molecule has 2 atom stereocenters. The number of nitrogens with one attached hydrogen (secondary N) is 1. The van der Waals surface area contributed by atoms with E-state index in [1.54, 1.807) is 19.3 Å². The van der Waals surface area contributed by atoms with Crippen molar-refractivity contribution in [1.29, 1.82) is 0 Å². The van der Waals surface area contributed by atoms with Gasteiger partial charge >= 0.3 is 0 Å². The van der Waals surface area contributed by atoms with E-state index in [0.717, 1.165) is 5.56 Å². The first-order valence-corrected chi connectivity index (χ1v) is 8.70. The van der Waals surface area contributed by atoms with Crippen LogP contribution >= 0.6 is 0 Å². The van der Waals surface area contributed by atoms with Gasteiger partial charge in [0.15, 0.2) is 0 Å². The number of nitrogens with zero attached hydrogens (tertiary/aromatic N) is 3. The van der Waals surface area contributed by atoms with E-state index in [4.69, 9.17) is 4.74 Å². The highest BCUT2D eigenvalue weighted by Gasteiger charge is 2.35. The van der Waals surface area contributed by atoms with Gasteiger partial charge in [0.25, 0.3) is 5.69 Å². The summed E-state index contributed by atoms with van der Waals surface area (Å²) in [6.45, 7) is 2.17. The molecule has 128 valence electrons. The molecule has 0 radical (unpaired) electrons. The van der Waals surface area contributed by atoms with Gasteiger partial charge in [0.05, 0.1) is 28.2 Å². The molecule has 0 unspecified atom stereocenters. The lowest BCUT2D eigenvalue weighted by molar-refractivity contribution is -0.384. The SMILES string of the molecule is C[C@@H]1CN(S(=O)(=O)c2ccc([N+](=O)[O-])cc2)C[C@H](c2cn[nH]c2)O1. The molecule has 1 fully saturated rings. The number of aromatic amines is 1. The van der Waals surface area contributed by atoms with Crippen molar-refractivity contribution >= 4 is 15.7 Å². The van der Waals surface area contributed by atoms with Gasteiger partial charge in [0.1, 0.15) is 0 Å². The van der Waals surface area contributed by atoms with E-state index in [-0.39, 0.29) is 29.8 Å². The molecule has 0 amide bonds. The Morgan fingerprint density at radius 2 is 2.04 bits per heavy atom. The fourth-order valence-corrected chi connectivity index (χ4v) is 4.13. The van der Waals surface area contributed by atoms with E-state index in [1.807, 2.05) is 0 Å². The maximum Gasteiger partial charge on any atom is 0.269 e. The molecule has 0 spiro atoms. The fourth-order valence-electron chi connectivity index (χ4n) is 2.62. The van der Waals surface area contributed by atoms with Crippen molar-refractivity contribution in [2.24, 2.45) is 0 Å². The Kier molecular flexibility index (Phi) is 4.35. The van der Waals surface area contributed by atoms with E-state index in [9.17, 15) is 18.5 Å². The van der Waals surface area contributed by atoms with Gasteiger partial charge in [-0.1, -0.05) is 0 Å². The number of hydrogen-bond donors (Lipinski definition) is 1. The topological polar surface area (TPSA) is 118 Å². The van der Waals surface area contributed by atoms with Crippen molar-refractivity contribution < 1.29 is 18.1 Å². The number of nitro benzene ring substituents is 1. The lowest BCUT2D eigenvalue weighted by Gasteiger charge is -2.35. The number of benzene rings is 1. The zero-order chi connectivity index (χ0) is 17.3. The highest BCUT2D eigenvalue weighted by molar-refractivity contribution is 7.89. The molecule has 24 heavy (non-hydrogen) atoms. The molecule has 3 rings (SSSR count). The van der Waals surface area contributed by atoms with Crippen LogP contribution in [0.5, 0.6) is 0 Å². The number of rotatable bonds is 4. The predicted octanol–water partition coefficient (Wildman–Crippen LogP) is 1.47. The third-order valence-corrected chi connectivity index (χ3v) is 5.65. The number of H-pyrrole nitrogens is 1. The summed E-state index contributed by atoms with van der Waals surface area (Å²) in [6.07, 6.45) is 2.56. The summed E-state index contributed by atoms with van der Waals surface area (Å²) in [5.41, 5.74) is 0.617. The van der Waals surface area contributed by atoms with Gasteiger partial charge in [-0.25, -0.2) is 8.42 Å². The van der Waals surface area contributed by atoms with E-state index in [0.29, 0.717) is 0 Å². The summed E-state index contributed by atoms with van der Waals surface area (Å²) >= 11 is 0. The number of nitro groups is 1. The third kappa shape index (κ3) is 3.16. The monoisotopic (exact) mass is 352 g/mol. The molecule has 0 saturated carbocycles. The zero-order valence-corrected chi connectivity index (χ0v) is 13.6. The van der Waals surface area contributed by atoms with Gasteiger partial charge < -0.3 is 4.74 Å². The lowest BCUT2D eigenvalue weighted by atomic mass is 10.1. The maximum absolute atomic E-state index is 12.8. The van der Waals surface area contributed by atoms with Crippen LogP contribution in [0.15, 0.2) is 41.6 Å². The van der Waals surface area contributed by atoms with Gasteiger partial charge in [-0.2, -0.15) is 9.40 Å². The van der Waals surface area contributed by atoms with Crippen molar-refractivity contribution in [3.8, 4) is 0 Å². The molecule has 2 aromatic rings. The molecule has 9 nitrogen and oxygen atoms in total. The molecule has 1 aromatic carbocycles. The Bertz CT molecular complexity index is 819. The maximum atomic E-state index is 12.8. The van der Waals surface area contributed by atoms with Crippen LogP contribution in [-0.4, -0.2) is 47.0 Å². The quantitative estimate of drug-likeness (QED) is 0.657. The first-order chi connectivity index (χ1) is 11.4. The molecular formula is C14H16N4O5S. The first kappa shape index (κ1) is 16.6. The fraction of sp³-hybridized carbons (Fsp3) is 0.357. The molecule has 10 heteroatoms. The largest absolute Gasteiger partial charge is 0.368 e. The molecule has 2 heterocycles. The average molecular weight is 352 g/mol. The number of sulfonamides is 1. The number of ether oxygens (including phenoxy) is 1. The number of hydrogen-bond acceptors (Lipinski definition) is 6. The standard InChI is InChI=1S/C14H16N4O5S/c1-10-8-17(9-14(23-10)11-6-15-16-7-11)24(21,22)13-4-2-12(3-5-13)18(19)20/h2-7,10,14H,8-9H2,1H3,(H,15,16)/t10-,14-/m1/s1. The Labute approximate surface area is 138 Å². The Hall–Kier alpha value is -2.30. The van der Waals surface area contributed by atoms with Crippen molar-refractivity contribution in [3.05, 3.63) is 52.3 Å². The lowest BCUT2D eigenvalue weighted by Crippen LogP contribution is -2.45.